The zero-order chi connectivity index (χ0) is 23.5. The molecule has 32 heavy (non-hydrogen) atoms. The molecule has 3 rings (SSSR count). The number of likely N-dealkylation sites (N-methyl/N-ethyl adjacent to an activating group) is 1. The number of hydrogen-bond acceptors (Lipinski definition) is 4. The van der Waals surface area contributed by atoms with Crippen molar-refractivity contribution in [3.05, 3.63) is 53.3 Å². The highest BCUT2D eigenvalue weighted by molar-refractivity contribution is 5.99. The molecular weight excluding hydrogens is 419 g/mol. The molecule has 0 saturated heterocycles. The van der Waals surface area contributed by atoms with E-state index in [1.165, 1.54) is 0 Å². The van der Waals surface area contributed by atoms with Crippen molar-refractivity contribution < 1.29 is 18.0 Å². The Morgan fingerprint density at radius 1 is 1.16 bits per heavy atom. The average molecular weight is 448 g/mol. The summed E-state index contributed by atoms with van der Waals surface area (Å²) in [5.41, 5.74) is 0.657. The molecule has 1 N–H and O–H groups in total. The van der Waals surface area contributed by atoms with Gasteiger partial charge in [-0.25, -0.2) is 9.50 Å². The smallest absolute Gasteiger partial charge is 0.351 e. The highest BCUT2D eigenvalue weighted by Crippen LogP contribution is 2.33. The minimum atomic E-state index is -4.66. The van der Waals surface area contributed by atoms with Crippen molar-refractivity contribution in [2.45, 2.75) is 39.8 Å². The van der Waals surface area contributed by atoms with Gasteiger partial charge in [0.1, 0.15) is 5.56 Å². The van der Waals surface area contributed by atoms with Crippen molar-refractivity contribution in [3.8, 4) is 11.3 Å². The minimum absolute atomic E-state index is 0.00991. The molecule has 0 spiro atoms. The Labute approximate surface area is 185 Å². The second-order valence-corrected chi connectivity index (χ2v) is 7.88. The van der Waals surface area contributed by atoms with E-state index in [1.807, 2.05) is 39.8 Å². The first-order chi connectivity index (χ1) is 15.2. The maximum Gasteiger partial charge on any atom is 0.433 e. The predicted octanol–water partition coefficient (Wildman–Crippen LogP) is 4.61. The van der Waals surface area contributed by atoms with Crippen LogP contribution in [-0.2, 0) is 6.18 Å². The van der Waals surface area contributed by atoms with Gasteiger partial charge in [-0.1, -0.05) is 52.0 Å². The van der Waals surface area contributed by atoms with E-state index < -0.39 is 17.8 Å². The van der Waals surface area contributed by atoms with Crippen molar-refractivity contribution in [2.75, 3.05) is 26.2 Å². The third kappa shape index (κ3) is 5.09. The Kier molecular flexibility index (Phi) is 7.18. The van der Waals surface area contributed by atoms with E-state index in [2.05, 4.69) is 20.3 Å². The third-order valence-corrected chi connectivity index (χ3v) is 5.49. The second kappa shape index (κ2) is 9.68. The number of alkyl halides is 3. The number of aromatic nitrogens is 3. The Hall–Kier alpha value is -2.94. The summed E-state index contributed by atoms with van der Waals surface area (Å²) in [5.74, 6) is -0.202. The number of carbonyl (C=O) groups is 1. The fourth-order valence-electron chi connectivity index (χ4n) is 3.47. The quantitative estimate of drug-likeness (QED) is 0.548. The molecule has 1 amide bonds. The van der Waals surface area contributed by atoms with Crippen molar-refractivity contribution in [1.29, 1.82) is 0 Å². The maximum atomic E-state index is 13.8. The lowest BCUT2D eigenvalue weighted by Crippen LogP contribution is -2.34. The Morgan fingerprint density at radius 3 is 2.38 bits per heavy atom. The SMILES string of the molecule is CCN(CC)CCNC(=O)c1cnn2c(C(F)(F)F)cc(-c3ccc(C(C)C)cc3)nc12. The number of carbonyl (C=O) groups excluding carboxylic acids is 1. The van der Waals surface area contributed by atoms with Gasteiger partial charge < -0.3 is 10.2 Å². The molecule has 0 radical (unpaired) electrons. The monoisotopic (exact) mass is 447 g/mol. The molecule has 1 aromatic carbocycles. The van der Waals surface area contributed by atoms with Gasteiger partial charge in [0.15, 0.2) is 11.3 Å². The summed E-state index contributed by atoms with van der Waals surface area (Å²) in [6.45, 7) is 10.8. The van der Waals surface area contributed by atoms with E-state index in [-0.39, 0.29) is 16.9 Å². The number of halogens is 3. The highest BCUT2D eigenvalue weighted by atomic mass is 19.4. The van der Waals surface area contributed by atoms with Crippen LogP contribution in [0.4, 0.5) is 13.2 Å². The summed E-state index contributed by atoms with van der Waals surface area (Å²) in [7, 11) is 0. The van der Waals surface area contributed by atoms with Crippen LogP contribution in [0.5, 0.6) is 0 Å². The van der Waals surface area contributed by atoms with E-state index in [0.717, 1.165) is 30.9 Å². The highest BCUT2D eigenvalue weighted by Gasteiger charge is 2.36. The van der Waals surface area contributed by atoms with Crippen LogP contribution < -0.4 is 5.32 Å². The Balaban J connectivity index is 1.99. The van der Waals surface area contributed by atoms with Crippen molar-refractivity contribution in [2.24, 2.45) is 0 Å². The second-order valence-electron chi connectivity index (χ2n) is 7.88. The molecule has 9 heteroatoms. The number of fused-ring (bicyclic) bond motifs is 1. The van der Waals surface area contributed by atoms with Gasteiger partial charge in [-0.15, -0.1) is 0 Å². The minimum Gasteiger partial charge on any atom is -0.351 e. The van der Waals surface area contributed by atoms with Crippen molar-refractivity contribution in [3.63, 3.8) is 0 Å². The molecule has 3 aromatic rings. The summed E-state index contributed by atoms with van der Waals surface area (Å²) in [6, 6.07) is 8.20. The van der Waals surface area contributed by atoms with Crippen LogP contribution in [0.25, 0.3) is 16.9 Å². The van der Waals surface area contributed by atoms with Crippen molar-refractivity contribution in [1.82, 2.24) is 24.8 Å². The van der Waals surface area contributed by atoms with E-state index in [4.69, 9.17) is 0 Å². The number of amides is 1. The lowest BCUT2D eigenvalue weighted by molar-refractivity contribution is -0.142. The van der Waals surface area contributed by atoms with Crippen LogP contribution in [-0.4, -0.2) is 51.6 Å². The summed E-state index contributed by atoms with van der Waals surface area (Å²) >= 11 is 0. The van der Waals surface area contributed by atoms with Crippen LogP contribution in [0.2, 0.25) is 0 Å². The molecule has 0 unspecified atom stereocenters. The largest absolute Gasteiger partial charge is 0.433 e. The lowest BCUT2D eigenvalue weighted by Gasteiger charge is -2.17. The van der Waals surface area contributed by atoms with E-state index in [0.29, 0.717) is 29.1 Å². The summed E-state index contributed by atoms with van der Waals surface area (Å²) < 4.78 is 42.0. The zero-order valence-electron chi connectivity index (χ0n) is 18.7. The first-order valence-electron chi connectivity index (χ1n) is 10.7. The number of nitrogens with one attached hydrogen (secondary N) is 1. The molecule has 0 aliphatic carbocycles. The first-order valence-corrected chi connectivity index (χ1v) is 10.7. The van der Waals surface area contributed by atoms with Crippen LogP contribution in [0, 0.1) is 0 Å². The van der Waals surface area contributed by atoms with Crippen LogP contribution >= 0.6 is 0 Å². The lowest BCUT2D eigenvalue weighted by atomic mass is 10.0. The Morgan fingerprint density at radius 2 is 1.81 bits per heavy atom. The van der Waals surface area contributed by atoms with Gasteiger partial charge in [0, 0.05) is 18.7 Å². The van der Waals surface area contributed by atoms with Crippen molar-refractivity contribution >= 4 is 11.6 Å². The van der Waals surface area contributed by atoms with Crippen LogP contribution in [0.1, 0.15) is 55.2 Å². The standard InChI is InChI=1S/C23H28F3N5O/c1-5-30(6-2)12-11-27-22(32)18-14-28-31-20(23(24,25)26)13-19(29-21(18)31)17-9-7-16(8-10-17)15(3)4/h7-10,13-15H,5-6,11-12H2,1-4H3,(H,27,32). The van der Waals surface area contributed by atoms with Gasteiger partial charge in [0.05, 0.1) is 11.9 Å². The summed E-state index contributed by atoms with van der Waals surface area (Å²) in [6.07, 6.45) is -3.52. The van der Waals surface area contributed by atoms with Gasteiger partial charge >= 0.3 is 6.18 Å². The number of hydrogen-bond donors (Lipinski definition) is 1. The van der Waals surface area contributed by atoms with Crippen LogP contribution in [0.3, 0.4) is 0 Å². The van der Waals surface area contributed by atoms with Gasteiger partial charge in [-0.3, -0.25) is 4.79 Å². The topological polar surface area (TPSA) is 62.5 Å². The van der Waals surface area contributed by atoms with Gasteiger partial charge in [-0.05, 0) is 30.6 Å². The molecule has 2 aromatic heterocycles. The zero-order valence-corrected chi connectivity index (χ0v) is 18.7. The van der Waals surface area contributed by atoms with Gasteiger partial charge in [0.25, 0.3) is 5.91 Å². The maximum absolute atomic E-state index is 13.8. The number of benzene rings is 1. The molecule has 0 aliphatic heterocycles. The fourth-order valence-corrected chi connectivity index (χ4v) is 3.47. The van der Waals surface area contributed by atoms with Crippen LogP contribution in [0.15, 0.2) is 36.5 Å². The average Bonchev–Trinajstić information content (AvgIpc) is 3.19. The fraction of sp³-hybridized carbons (Fsp3) is 0.435. The molecule has 0 atom stereocenters. The molecule has 0 bridgehead atoms. The van der Waals surface area contributed by atoms with Gasteiger partial charge in [-0.2, -0.15) is 18.3 Å². The molecule has 172 valence electrons. The molecule has 2 heterocycles. The molecule has 0 fully saturated rings. The number of nitrogens with zero attached hydrogens (tertiary/aromatic N) is 4. The summed E-state index contributed by atoms with van der Waals surface area (Å²) in [5, 5.41) is 6.58. The Bertz CT molecular complexity index is 1070. The molecule has 0 aliphatic rings. The number of rotatable bonds is 8. The first kappa shape index (κ1) is 23.7. The van der Waals surface area contributed by atoms with Gasteiger partial charge in [0.2, 0.25) is 0 Å². The van der Waals surface area contributed by atoms with E-state index in [1.54, 1.807) is 12.1 Å². The molecular formula is C23H28F3N5O. The molecule has 0 saturated carbocycles. The molecule has 6 nitrogen and oxygen atoms in total. The van der Waals surface area contributed by atoms with E-state index >= 15 is 0 Å². The summed E-state index contributed by atoms with van der Waals surface area (Å²) in [4.78, 5) is 19.2. The van der Waals surface area contributed by atoms with E-state index in [9.17, 15) is 18.0 Å². The normalized spacial score (nSPS) is 12.2. The predicted molar refractivity (Wildman–Crippen MR) is 118 cm³/mol. The third-order valence-electron chi connectivity index (χ3n) is 5.49.